The molecule has 1 aliphatic heterocycles. The van der Waals surface area contributed by atoms with Gasteiger partial charge in [0.2, 0.25) is 0 Å². The van der Waals surface area contributed by atoms with Gasteiger partial charge in [0.15, 0.2) is 0 Å². The van der Waals surface area contributed by atoms with Gasteiger partial charge in [0.05, 0.1) is 5.56 Å². The minimum atomic E-state index is 0. The van der Waals surface area contributed by atoms with Crippen LogP contribution in [0.25, 0.3) is 0 Å². The molecule has 0 unspecified atom stereocenters. The molecule has 0 spiro atoms. The van der Waals surface area contributed by atoms with Gasteiger partial charge >= 0.3 is 0 Å². The minimum Gasteiger partial charge on any atom is -0.345 e. The Morgan fingerprint density at radius 2 is 1.80 bits per heavy atom. The highest BCUT2D eigenvalue weighted by molar-refractivity contribution is 5.95. The van der Waals surface area contributed by atoms with E-state index < -0.39 is 0 Å². The Labute approximate surface area is 126 Å². The summed E-state index contributed by atoms with van der Waals surface area (Å²) < 4.78 is 2.34. The van der Waals surface area contributed by atoms with Crippen LogP contribution in [0.1, 0.15) is 53.5 Å². The van der Waals surface area contributed by atoms with Crippen molar-refractivity contribution < 1.29 is 4.79 Å². The lowest BCUT2D eigenvalue weighted by Crippen LogP contribution is -2.42. The minimum absolute atomic E-state index is 0. The van der Waals surface area contributed by atoms with Crippen molar-refractivity contribution in [2.45, 2.75) is 51.6 Å². The van der Waals surface area contributed by atoms with Crippen LogP contribution in [-0.2, 0) is 0 Å². The summed E-state index contributed by atoms with van der Waals surface area (Å²) in [7, 11) is 0. The van der Waals surface area contributed by atoms with E-state index in [2.05, 4.69) is 24.5 Å². The third-order valence-corrected chi connectivity index (χ3v) is 4.45. The fourth-order valence-corrected chi connectivity index (χ4v) is 3.16. The maximum atomic E-state index is 12.6. The van der Waals surface area contributed by atoms with E-state index in [0.717, 1.165) is 37.2 Å². The third kappa shape index (κ3) is 2.72. The molecular weight excluding hydrogens is 274 g/mol. The average Bonchev–Trinajstić information content (AvgIpc) is 3.16. The quantitative estimate of drug-likeness (QED) is 0.911. The van der Waals surface area contributed by atoms with E-state index in [1.54, 1.807) is 0 Å². The summed E-state index contributed by atoms with van der Waals surface area (Å²) in [6, 6.07) is 2.96. The predicted molar refractivity (Wildman–Crippen MR) is 82.5 cm³/mol. The molecule has 1 saturated heterocycles. The third-order valence-electron chi connectivity index (χ3n) is 4.45. The molecule has 2 heterocycles. The van der Waals surface area contributed by atoms with Crippen LogP contribution in [0.2, 0.25) is 0 Å². The normalized spacial score (nSPS) is 19.9. The molecule has 20 heavy (non-hydrogen) atoms. The van der Waals surface area contributed by atoms with Crippen LogP contribution in [0.4, 0.5) is 0 Å². The van der Waals surface area contributed by atoms with Crippen LogP contribution in [0.5, 0.6) is 0 Å². The second kappa shape index (κ2) is 5.78. The van der Waals surface area contributed by atoms with Crippen LogP contribution >= 0.6 is 12.4 Å². The Hall–Kier alpha value is -1.000. The number of aromatic nitrogens is 1. The number of rotatable bonds is 2. The monoisotopic (exact) mass is 297 g/mol. The van der Waals surface area contributed by atoms with Gasteiger partial charge in [-0.05, 0) is 45.6 Å². The zero-order chi connectivity index (χ0) is 13.6. The van der Waals surface area contributed by atoms with Crippen molar-refractivity contribution in [3.8, 4) is 0 Å². The van der Waals surface area contributed by atoms with Gasteiger partial charge in [-0.25, -0.2) is 0 Å². The lowest BCUT2D eigenvalue weighted by atomic mass is 10.1. The highest BCUT2D eigenvalue weighted by Gasteiger charge is 2.30. The van der Waals surface area contributed by atoms with Crippen molar-refractivity contribution >= 4 is 18.3 Å². The molecular formula is C15H24ClN3O. The highest BCUT2D eigenvalue weighted by Crippen LogP contribution is 2.38. The predicted octanol–water partition coefficient (Wildman–Crippen LogP) is 2.42. The smallest absolute Gasteiger partial charge is 0.255 e. The Balaban J connectivity index is 0.00000147. The van der Waals surface area contributed by atoms with Crippen molar-refractivity contribution in [2.24, 2.45) is 5.73 Å². The van der Waals surface area contributed by atoms with Gasteiger partial charge in [-0.15, -0.1) is 12.4 Å². The lowest BCUT2D eigenvalue weighted by molar-refractivity contribution is 0.0714. The summed E-state index contributed by atoms with van der Waals surface area (Å²) in [4.78, 5) is 14.6. The number of amides is 1. The number of halogens is 1. The Morgan fingerprint density at radius 1 is 1.20 bits per heavy atom. The van der Waals surface area contributed by atoms with E-state index in [4.69, 9.17) is 5.73 Å². The average molecular weight is 298 g/mol. The number of hydrogen-bond donors (Lipinski definition) is 1. The molecule has 1 saturated carbocycles. The Kier molecular flexibility index (Phi) is 4.45. The molecule has 5 heteroatoms. The van der Waals surface area contributed by atoms with E-state index in [1.165, 1.54) is 18.5 Å². The van der Waals surface area contributed by atoms with E-state index in [0.29, 0.717) is 6.04 Å². The summed E-state index contributed by atoms with van der Waals surface area (Å²) in [5, 5.41) is 0. The van der Waals surface area contributed by atoms with Gasteiger partial charge in [-0.1, -0.05) is 0 Å². The molecule has 4 nitrogen and oxygen atoms in total. The standard InChI is InChI=1S/C15H23N3O.ClH/c1-10-9-14(11(2)18(10)13-3-4-13)15(19)17-7-5-12(16)6-8-17;/h9,12-13H,3-8,16H2,1-2H3;1H. The molecule has 0 aromatic carbocycles. The van der Waals surface area contributed by atoms with E-state index in [9.17, 15) is 4.79 Å². The molecule has 0 bridgehead atoms. The topological polar surface area (TPSA) is 51.3 Å². The first-order chi connectivity index (χ1) is 9.08. The fraction of sp³-hybridized carbons (Fsp3) is 0.667. The summed E-state index contributed by atoms with van der Waals surface area (Å²) in [6.07, 6.45) is 4.35. The van der Waals surface area contributed by atoms with Crippen LogP contribution in [-0.4, -0.2) is 34.5 Å². The van der Waals surface area contributed by atoms with Gasteiger partial charge in [0.1, 0.15) is 0 Å². The summed E-state index contributed by atoms with van der Waals surface area (Å²) in [5.41, 5.74) is 9.15. The Morgan fingerprint density at radius 3 is 2.35 bits per heavy atom. The molecule has 2 fully saturated rings. The molecule has 1 amide bonds. The van der Waals surface area contributed by atoms with Gasteiger partial charge in [0, 0.05) is 36.6 Å². The van der Waals surface area contributed by atoms with E-state index in [1.807, 2.05) is 4.90 Å². The van der Waals surface area contributed by atoms with Crippen LogP contribution in [0.15, 0.2) is 6.07 Å². The second-order valence-electron chi connectivity index (χ2n) is 6.02. The first-order valence-electron chi connectivity index (χ1n) is 7.31. The number of likely N-dealkylation sites (tertiary alicyclic amines) is 1. The first-order valence-corrected chi connectivity index (χ1v) is 7.31. The van der Waals surface area contributed by atoms with Gasteiger partial charge in [0.25, 0.3) is 5.91 Å². The highest BCUT2D eigenvalue weighted by atomic mass is 35.5. The van der Waals surface area contributed by atoms with Crippen molar-refractivity contribution in [1.82, 2.24) is 9.47 Å². The number of aryl methyl sites for hydroxylation is 1. The van der Waals surface area contributed by atoms with Gasteiger partial charge < -0.3 is 15.2 Å². The number of hydrogen-bond acceptors (Lipinski definition) is 2. The fourth-order valence-electron chi connectivity index (χ4n) is 3.16. The summed E-state index contributed by atoms with van der Waals surface area (Å²) in [5.74, 6) is 0.187. The molecule has 0 radical (unpaired) electrons. The van der Waals surface area contributed by atoms with Crippen molar-refractivity contribution in [1.29, 1.82) is 0 Å². The number of piperidine rings is 1. The zero-order valence-electron chi connectivity index (χ0n) is 12.3. The summed E-state index contributed by atoms with van der Waals surface area (Å²) >= 11 is 0. The molecule has 1 aliphatic carbocycles. The van der Waals surface area contributed by atoms with Crippen molar-refractivity contribution in [3.05, 3.63) is 23.0 Å². The molecule has 1 aromatic heterocycles. The number of carbonyl (C=O) groups is 1. The lowest BCUT2D eigenvalue weighted by Gasteiger charge is -2.30. The molecule has 3 rings (SSSR count). The second-order valence-corrected chi connectivity index (χ2v) is 6.02. The molecule has 1 aromatic rings. The molecule has 0 atom stereocenters. The van der Waals surface area contributed by atoms with Gasteiger partial charge in [-0.3, -0.25) is 4.79 Å². The van der Waals surface area contributed by atoms with Crippen LogP contribution < -0.4 is 5.73 Å². The van der Waals surface area contributed by atoms with Crippen molar-refractivity contribution in [3.63, 3.8) is 0 Å². The van der Waals surface area contributed by atoms with Gasteiger partial charge in [-0.2, -0.15) is 0 Å². The summed E-state index contributed by atoms with van der Waals surface area (Å²) in [6.45, 7) is 5.78. The maximum absolute atomic E-state index is 12.6. The maximum Gasteiger partial charge on any atom is 0.255 e. The largest absolute Gasteiger partial charge is 0.345 e. The molecule has 2 aliphatic rings. The van der Waals surface area contributed by atoms with Crippen LogP contribution in [0.3, 0.4) is 0 Å². The number of carbonyl (C=O) groups excluding carboxylic acids is 1. The van der Waals surface area contributed by atoms with E-state index >= 15 is 0 Å². The SMILES string of the molecule is Cc1cc(C(=O)N2CCC(N)CC2)c(C)n1C1CC1.Cl. The zero-order valence-corrected chi connectivity index (χ0v) is 13.1. The van der Waals surface area contributed by atoms with Crippen LogP contribution in [0, 0.1) is 13.8 Å². The number of nitrogens with zero attached hydrogens (tertiary/aromatic N) is 2. The van der Waals surface area contributed by atoms with Crippen molar-refractivity contribution in [2.75, 3.05) is 13.1 Å². The van der Waals surface area contributed by atoms with E-state index in [-0.39, 0.29) is 24.4 Å². The molecule has 112 valence electrons. The number of nitrogens with two attached hydrogens (primary N) is 1. The molecule has 2 N–H and O–H groups in total. The Bertz CT molecular complexity index is 499. The first kappa shape index (κ1) is 15.4.